The number of hydrogen-bond acceptors (Lipinski definition) is 3. The molecular weight excluding hydrogens is 252 g/mol. The van der Waals surface area contributed by atoms with E-state index in [1.54, 1.807) is 12.1 Å². The maximum absolute atomic E-state index is 12.0. The molecule has 0 saturated carbocycles. The minimum atomic E-state index is 0.106. The number of hydrogen-bond donors (Lipinski definition) is 1. The topological polar surface area (TPSA) is 52.9 Å². The van der Waals surface area contributed by atoms with Crippen LogP contribution in [-0.2, 0) is 11.2 Å². The largest absolute Gasteiger partial charge is 0.411 e. The Kier molecular flexibility index (Phi) is 4.20. The smallest absolute Gasteiger partial charge is 0.227 e. The highest BCUT2D eigenvalue weighted by atomic mass is 35.5. The number of nitrogens with zero attached hydrogens (tertiary/aromatic N) is 2. The van der Waals surface area contributed by atoms with Crippen LogP contribution < -0.4 is 0 Å². The van der Waals surface area contributed by atoms with Gasteiger partial charge in [-0.3, -0.25) is 4.79 Å². The van der Waals surface area contributed by atoms with Crippen LogP contribution in [-0.4, -0.2) is 34.8 Å². The summed E-state index contributed by atoms with van der Waals surface area (Å²) in [6.45, 7) is 1.26. The molecule has 1 saturated heterocycles. The van der Waals surface area contributed by atoms with Crippen molar-refractivity contribution in [3.8, 4) is 0 Å². The molecule has 5 heteroatoms. The first-order chi connectivity index (χ1) is 8.69. The third kappa shape index (κ3) is 3.23. The predicted molar refractivity (Wildman–Crippen MR) is 70.2 cm³/mol. The summed E-state index contributed by atoms with van der Waals surface area (Å²) < 4.78 is 0. The quantitative estimate of drug-likeness (QED) is 0.660. The molecule has 1 amide bonds. The molecule has 1 heterocycles. The highest BCUT2D eigenvalue weighted by molar-refractivity contribution is 6.30. The minimum absolute atomic E-state index is 0.106. The summed E-state index contributed by atoms with van der Waals surface area (Å²) in [4.78, 5) is 13.8. The Morgan fingerprint density at radius 1 is 1.28 bits per heavy atom. The maximum Gasteiger partial charge on any atom is 0.227 e. The number of halogens is 1. The molecule has 0 unspecified atom stereocenters. The Balaban J connectivity index is 1.91. The molecule has 96 valence electrons. The van der Waals surface area contributed by atoms with Crippen LogP contribution in [0.3, 0.4) is 0 Å². The first-order valence-corrected chi connectivity index (χ1v) is 6.29. The van der Waals surface area contributed by atoms with Gasteiger partial charge in [-0.25, -0.2) is 0 Å². The van der Waals surface area contributed by atoms with E-state index in [1.807, 2.05) is 17.0 Å². The maximum atomic E-state index is 12.0. The van der Waals surface area contributed by atoms with E-state index >= 15 is 0 Å². The van der Waals surface area contributed by atoms with Crippen molar-refractivity contribution in [2.45, 2.75) is 19.3 Å². The second-order valence-electron chi connectivity index (χ2n) is 4.35. The Labute approximate surface area is 111 Å². The molecule has 0 spiro atoms. The lowest BCUT2D eigenvalue weighted by Gasteiger charge is -2.27. The highest BCUT2D eigenvalue weighted by Gasteiger charge is 2.19. The predicted octanol–water partition coefficient (Wildman–Crippen LogP) is 2.34. The van der Waals surface area contributed by atoms with Crippen molar-refractivity contribution in [2.75, 3.05) is 13.1 Å². The zero-order chi connectivity index (χ0) is 13.0. The number of oxime groups is 1. The van der Waals surface area contributed by atoms with Crippen molar-refractivity contribution in [1.82, 2.24) is 4.90 Å². The number of likely N-dealkylation sites (tertiary alicyclic amines) is 1. The summed E-state index contributed by atoms with van der Waals surface area (Å²) in [5.74, 6) is 0.106. The molecule has 1 aromatic carbocycles. The SMILES string of the molecule is O=C(Cc1ccc(Cl)cc1)N1CCC(=NO)CC1. The third-order valence-corrected chi connectivity index (χ3v) is 3.36. The zero-order valence-corrected chi connectivity index (χ0v) is 10.7. The van der Waals surface area contributed by atoms with E-state index < -0.39 is 0 Å². The summed E-state index contributed by atoms with van der Waals surface area (Å²) in [5, 5.41) is 12.5. The number of carbonyl (C=O) groups excluding carboxylic acids is 1. The fourth-order valence-corrected chi connectivity index (χ4v) is 2.13. The molecule has 0 atom stereocenters. The summed E-state index contributed by atoms with van der Waals surface area (Å²) in [6.07, 6.45) is 1.70. The molecule has 1 aliphatic heterocycles. The van der Waals surface area contributed by atoms with E-state index in [0.717, 1.165) is 11.3 Å². The summed E-state index contributed by atoms with van der Waals surface area (Å²) in [5.41, 5.74) is 1.73. The number of piperidine rings is 1. The van der Waals surface area contributed by atoms with Gasteiger partial charge in [0.25, 0.3) is 0 Å². The average Bonchev–Trinajstić information content (AvgIpc) is 2.41. The van der Waals surface area contributed by atoms with Crippen LogP contribution in [0, 0.1) is 0 Å². The molecule has 1 fully saturated rings. The highest BCUT2D eigenvalue weighted by Crippen LogP contribution is 2.13. The lowest BCUT2D eigenvalue weighted by Crippen LogP contribution is -2.39. The Morgan fingerprint density at radius 3 is 2.44 bits per heavy atom. The van der Waals surface area contributed by atoms with Gasteiger partial charge in [0.05, 0.1) is 12.1 Å². The molecule has 2 rings (SSSR count). The van der Waals surface area contributed by atoms with Gasteiger partial charge >= 0.3 is 0 Å². The monoisotopic (exact) mass is 266 g/mol. The first kappa shape index (κ1) is 12.9. The van der Waals surface area contributed by atoms with E-state index in [2.05, 4.69) is 5.16 Å². The molecule has 18 heavy (non-hydrogen) atoms. The first-order valence-electron chi connectivity index (χ1n) is 5.91. The lowest BCUT2D eigenvalue weighted by molar-refractivity contribution is -0.130. The van der Waals surface area contributed by atoms with Crippen LogP contribution in [0.4, 0.5) is 0 Å². The van der Waals surface area contributed by atoms with E-state index in [9.17, 15) is 4.79 Å². The number of amides is 1. The van der Waals surface area contributed by atoms with Crippen molar-refractivity contribution in [3.63, 3.8) is 0 Å². The lowest BCUT2D eigenvalue weighted by atomic mass is 10.1. The second-order valence-corrected chi connectivity index (χ2v) is 4.79. The Hall–Kier alpha value is -1.55. The van der Waals surface area contributed by atoms with E-state index in [1.165, 1.54) is 0 Å². The number of benzene rings is 1. The number of rotatable bonds is 2. The molecule has 0 aromatic heterocycles. The van der Waals surface area contributed by atoms with Crippen molar-refractivity contribution in [1.29, 1.82) is 0 Å². The van der Waals surface area contributed by atoms with Gasteiger partial charge in [0.1, 0.15) is 0 Å². The standard InChI is InChI=1S/C13H15ClN2O2/c14-11-3-1-10(2-4-11)9-13(17)16-7-5-12(15-18)6-8-16/h1-4,18H,5-9H2. The number of carbonyl (C=O) groups is 1. The fraction of sp³-hybridized carbons (Fsp3) is 0.385. The zero-order valence-electron chi connectivity index (χ0n) is 9.97. The van der Waals surface area contributed by atoms with Crippen molar-refractivity contribution >= 4 is 23.2 Å². The fourth-order valence-electron chi connectivity index (χ4n) is 2.00. The Morgan fingerprint density at radius 2 is 1.89 bits per heavy atom. The van der Waals surface area contributed by atoms with Crippen molar-refractivity contribution < 1.29 is 10.0 Å². The van der Waals surface area contributed by atoms with Gasteiger partial charge in [-0.1, -0.05) is 28.9 Å². The van der Waals surface area contributed by atoms with Gasteiger partial charge in [-0.2, -0.15) is 0 Å². The van der Waals surface area contributed by atoms with Crippen molar-refractivity contribution in [3.05, 3.63) is 34.9 Å². The van der Waals surface area contributed by atoms with Crippen LogP contribution in [0.5, 0.6) is 0 Å². The summed E-state index contributed by atoms with van der Waals surface area (Å²) >= 11 is 5.80. The summed E-state index contributed by atoms with van der Waals surface area (Å²) in [7, 11) is 0. The molecule has 0 aliphatic carbocycles. The molecule has 4 nitrogen and oxygen atoms in total. The van der Waals surface area contributed by atoms with E-state index in [-0.39, 0.29) is 5.91 Å². The third-order valence-electron chi connectivity index (χ3n) is 3.10. The van der Waals surface area contributed by atoms with Crippen LogP contribution in [0.15, 0.2) is 29.4 Å². The van der Waals surface area contributed by atoms with Gasteiger partial charge in [-0.15, -0.1) is 0 Å². The molecule has 0 radical (unpaired) electrons. The van der Waals surface area contributed by atoms with Crippen LogP contribution in [0.25, 0.3) is 0 Å². The average molecular weight is 267 g/mol. The molecule has 1 aromatic rings. The normalized spacial score (nSPS) is 15.6. The van der Waals surface area contributed by atoms with Gasteiger partial charge in [0, 0.05) is 31.0 Å². The molecule has 1 N–H and O–H groups in total. The molecule has 0 bridgehead atoms. The van der Waals surface area contributed by atoms with E-state index in [4.69, 9.17) is 16.8 Å². The summed E-state index contributed by atoms with van der Waals surface area (Å²) in [6, 6.07) is 7.31. The minimum Gasteiger partial charge on any atom is -0.411 e. The van der Waals surface area contributed by atoms with Crippen LogP contribution >= 0.6 is 11.6 Å². The van der Waals surface area contributed by atoms with Crippen LogP contribution in [0.1, 0.15) is 18.4 Å². The van der Waals surface area contributed by atoms with Crippen molar-refractivity contribution in [2.24, 2.45) is 5.16 Å². The van der Waals surface area contributed by atoms with Crippen LogP contribution in [0.2, 0.25) is 5.02 Å². The molecule has 1 aliphatic rings. The van der Waals surface area contributed by atoms with E-state index in [0.29, 0.717) is 37.4 Å². The second kappa shape index (κ2) is 5.87. The van der Waals surface area contributed by atoms with Gasteiger partial charge in [0.15, 0.2) is 0 Å². The van der Waals surface area contributed by atoms with Gasteiger partial charge in [-0.05, 0) is 17.7 Å². The van der Waals surface area contributed by atoms with Gasteiger partial charge < -0.3 is 10.1 Å². The van der Waals surface area contributed by atoms with Gasteiger partial charge in [0.2, 0.25) is 5.91 Å². The Bertz CT molecular complexity index is 447. The molecular formula is C13H15ClN2O2.